The highest BCUT2D eigenvalue weighted by atomic mass is 32.2. The quantitative estimate of drug-likeness (QED) is 0.837. The lowest BCUT2D eigenvalue weighted by molar-refractivity contribution is -0.137. The number of pyridine rings is 1. The molecule has 2 rings (SSSR count). The molecule has 0 fully saturated rings. The molecule has 1 aromatic carbocycles. The van der Waals surface area contributed by atoms with Crippen LogP contribution in [0.15, 0.2) is 53.7 Å². The molecule has 1 heterocycles. The van der Waals surface area contributed by atoms with Crippen LogP contribution in [0, 0.1) is 0 Å². The smallest absolute Gasteiger partial charge is 0.330 e. The number of halogens is 3. The summed E-state index contributed by atoms with van der Waals surface area (Å²) in [6.45, 7) is 0.507. The topological polar surface area (TPSA) is 38.9 Å². The Kier molecular flexibility index (Phi) is 5.25. The molecule has 1 aromatic heterocycles. The Hall–Kier alpha value is -1.53. The summed E-state index contributed by atoms with van der Waals surface area (Å²) in [7, 11) is 0. The number of nitrogens with two attached hydrogens (primary N) is 1. The van der Waals surface area contributed by atoms with E-state index in [0.29, 0.717) is 11.6 Å². The average molecular weight is 312 g/mol. The molecule has 1 unspecified atom stereocenters. The monoisotopic (exact) mass is 312 g/mol. The van der Waals surface area contributed by atoms with Gasteiger partial charge in [-0.15, -0.1) is 0 Å². The molecule has 0 saturated heterocycles. The third-order valence-corrected chi connectivity index (χ3v) is 4.20. The first-order valence-corrected chi connectivity index (χ1v) is 7.33. The van der Waals surface area contributed by atoms with Crippen LogP contribution in [0.5, 0.6) is 0 Å². The van der Waals surface area contributed by atoms with Gasteiger partial charge in [-0.3, -0.25) is 0 Å². The predicted octanol–water partition coefficient (Wildman–Crippen LogP) is 4.28. The Bertz CT molecular complexity index is 555. The number of alkyl halides is 3. The van der Waals surface area contributed by atoms with E-state index in [4.69, 9.17) is 5.73 Å². The number of benzene rings is 1. The third kappa shape index (κ3) is 4.47. The zero-order chi connectivity index (χ0) is 15.3. The maximum absolute atomic E-state index is 12.5. The summed E-state index contributed by atoms with van der Waals surface area (Å²) in [6.07, 6.45) is -2.75. The van der Waals surface area contributed by atoms with E-state index in [0.717, 1.165) is 24.2 Å². The van der Waals surface area contributed by atoms with Crippen molar-refractivity contribution in [3.05, 3.63) is 59.8 Å². The summed E-state index contributed by atoms with van der Waals surface area (Å²) in [5.74, 6) is 0. The zero-order valence-electron chi connectivity index (χ0n) is 11.2. The van der Waals surface area contributed by atoms with Gasteiger partial charge in [-0.25, -0.2) is 4.98 Å². The highest BCUT2D eigenvalue weighted by Crippen LogP contribution is 2.37. The summed E-state index contributed by atoms with van der Waals surface area (Å²) >= 11 is 1.43. The highest BCUT2D eigenvalue weighted by Gasteiger charge is 2.30. The fourth-order valence-electron chi connectivity index (χ4n) is 1.88. The Morgan fingerprint density at radius 3 is 2.33 bits per heavy atom. The number of aromatic nitrogens is 1. The SMILES string of the molecule is NCCC(Sc1ccc(C(F)(F)F)cn1)c1ccccc1. The van der Waals surface area contributed by atoms with E-state index in [2.05, 4.69) is 4.98 Å². The molecule has 21 heavy (non-hydrogen) atoms. The van der Waals surface area contributed by atoms with Crippen molar-refractivity contribution in [3.8, 4) is 0 Å². The minimum Gasteiger partial charge on any atom is -0.330 e. The molecule has 0 bridgehead atoms. The van der Waals surface area contributed by atoms with E-state index in [9.17, 15) is 13.2 Å². The summed E-state index contributed by atoms with van der Waals surface area (Å²) in [4.78, 5) is 3.89. The third-order valence-electron chi connectivity index (χ3n) is 2.93. The molecule has 2 N–H and O–H groups in total. The molecule has 0 aliphatic heterocycles. The van der Waals surface area contributed by atoms with Crippen LogP contribution in [0.25, 0.3) is 0 Å². The Balaban J connectivity index is 2.14. The van der Waals surface area contributed by atoms with Crippen molar-refractivity contribution in [3.63, 3.8) is 0 Å². The van der Waals surface area contributed by atoms with Gasteiger partial charge in [0.2, 0.25) is 0 Å². The molecule has 2 nitrogen and oxygen atoms in total. The molecule has 112 valence electrons. The van der Waals surface area contributed by atoms with E-state index < -0.39 is 11.7 Å². The van der Waals surface area contributed by atoms with Gasteiger partial charge in [-0.05, 0) is 30.7 Å². The van der Waals surface area contributed by atoms with Gasteiger partial charge in [0.25, 0.3) is 0 Å². The summed E-state index contributed by atoms with van der Waals surface area (Å²) < 4.78 is 37.5. The van der Waals surface area contributed by atoms with Crippen LogP contribution >= 0.6 is 11.8 Å². The first-order valence-electron chi connectivity index (χ1n) is 6.45. The van der Waals surface area contributed by atoms with E-state index in [1.807, 2.05) is 30.3 Å². The van der Waals surface area contributed by atoms with Gasteiger partial charge >= 0.3 is 6.18 Å². The van der Waals surface area contributed by atoms with Crippen molar-refractivity contribution in [1.82, 2.24) is 4.98 Å². The fourth-order valence-corrected chi connectivity index (χ4v) is 2.97. The molecule has 6 heteroatoms. The molecule has 0 saturated carbocycles. The van der Waals surface area contributed by atoms with Crippen molar-refractivity contribution in [1.29, 1.82) is 0 Å². The number of rotatable bonds is 5. The van der Waals surface area contributed by atoms with E-state index >= 15 is 0 Å². The van der Waals surface area contributed by atoms with Crippen LogP contribution < -0.4 is 5.73 Å². The number of hydrogen-bond acceptors (Lipinski definition) is 3. The molecular weight excluding hydrogens is 297 g/mol. The molecule has 0 spiro atoms. The summed E-state index contributed by atoms with van der Waals surface area (Å²) in [6, 6.07) is 12.2. The van der Waals surface area contributed by atoms with Gasteiger partial charge in [-0.2, -0.15) is 13.2 Å². The van der Waals surface area contributed by atoms with Gasteiger partial charge < -0.3 is 5.73 Å². The van der Waals surface area contributed by atoms with E-state index in [1.165, 1.54) is 17.8 Å². The van der Waals surface area contributed by atoms with Crippen LogP contribution in [0.2, 0.25) is 0 Å². The van der Waals surface area contributed by atoms with E-state index in [-0.39, 0.29) is 5.25 Å². The van der Waals surface area contributed by atoms with Gasteiger partial charge in [0.1, 0.15) is 0 Å². The average Bonchev–Trinajstić information content (AvgIpc) is 2.47. The van der Waals surface area contributed by atoms with E-state index in [1.54, 1.807) is 0 Å². The maximum atomic E-state index is 12.5. The largest absolute Gasteiger partial charge is 0.417 e. The first-order chi connectivity index (χ1) is 10.0. The molecule has 0 aliphatic carbocycles. The standard InChI is InChI=1S/C15H15F3N2S/c16-15(17,18)12-6-7-14(20-10-12)21-13(8-9-19)11-4-2-1-3-5-11/h1-7,10,13H,8-9,19H2. The van der Waals surface area contributed by atoms with Crippen LogP contribution in [0.3, 0.4) is 0 Å². The Labute approximate surface area is 125 Å². The second-order valence-corrected chi connectivity index (χ2v) is 5.70. The minimum absolute atomic E-state index is 0.0837. The van der Waals surface area contributed by atoms with Crippen molar-refractivity contribution in [2.75, 3.05) is 6.54 Å². The Morgan fingerprint density at radius 2 is 1.81 bits per heavy atom. The highest BCUT2D eigenvalue weighted by molar-refractivity contribution is 7.99. The van der Waals surface area contributed by atoms with Gasteiger partial charge in [0.05, 0.1) is 10.6 Å². The second-order valence-electron chi connectivity index (χ2n) is 4.48. The Morgan fingerprint density at radius 1 is 1.10 bits per heavy atom. The molecule has 0 amide bonds. The lowest BCUT2D eigenvalue weighted by Gasteiger charge is -2.16. The first kappa shape index (κ1) is 15.9. The molecule has 0 radical (unpaired) electrons. The summed E-state index contributed by atoms with van der Waals surface area (Å²) in [5, 5.41) is 0.644. The normalized spacial score (nSPS) is 13.1. The number of hydrogen-bond donors (Lipinski definition) is 1. The second kappa shape index (κ2) is 6.95. The van der Waals surface area contributed by atoms with Crippen LogP contribution in [-0.4, -0.2) is 11.5 Å². The van der Waals surface area contributed by atoms with Crippen molar-refractivity contribution in [2.45, 2.75) is 22.9 Å². The predicted molar refractivity (Wildman–Crippen MR) is 78.0 cm³/mol. The molecule has 1 atom stereocenters. The van der Waals surface area contributed by atoms with Crippen molar-refractivity contribution in [2.24, 2.45) is 5.73 Å². The number of nitrogens with zero attached hydrogens (tertiary/aromatic N) is 1. The van der Waals surface area contributed by atoms with Crippen LogP contribution in [0.4, 0.5) is 13.2 Å². The molecular formula is C15H15F3N2S. The molecule has 2 aromatic rings. The van der Waals surface area contributed by atoms with Crippen LogP contribution in [0.1, 0.15) is 22.8 Å². The van der Waals surface area contributed by atoms with Gasteiger partial charge in [0.15, 0.2) is 0 Å². The van der Waals surface area contributed by atoms with Crippen molar-refractivity contribution >= 4 is 11.8 Å². The van der Waals surface area contributed by atoms with Gasteiger partial charge in [0, 0.05) is 11.4 Å². The van der Waals surface area contributed by atoms with Crippen molar-refractivity contribution < 1.29 is 13.2 Å². The lowest BCUT2D eigenvalue weighted by atomic mass is 10.1. The lowest BCUT2D eigenvalue weighted by Crippen LogP contribution is -2.06. The maximum Gasteiger partial charge on any atom is 0.417 e. The molecule has 0 aliphatic rings. The van der Waals surface area contributed by atoms with Gasteiger partial charge in [-0.1, -0.05) is 42.1 Å². The van der Waals surface area contributed by atoms with Crippen LogP contribution in [-0.2, 0) is 6.18 Å². The minimum atomic E-state index is -4.35. The zero-order valence-corrected chi connectivity index (χ0v) is 12.0. The summed E-state index contributed by atoms with van der Waals surface area (Å²) in [5.41, 5.74) is 5.98. The number of thioether (sulfide) groups is 1. The fraction of sp³-hybridized carbons (Fsp3) is 0.267.